The fourth-order valence-corrected chi connectivity index (χ4v) is 5.17. The zero-order valence-corrected chi connectivity index (χ0v) is 17.0. The molecule has 0 unspecified atom stereocenters. The van der Waals surface area contributed by atoms with Gasteiger partial charge in [-0.15, -0.1) is 21.5 Å². The molecular weight excluding hydrogens is 396 g/mol. The van der Waals surface area contributed by atoms with Gasteiger partial charge in [-0.05, 0) is 31.0 Å². The standard InChI is InChI=1S/C16H15ClN4OS3/c1-9-4-10(2)14(13(17)5-9)21(11(3)22)15-19-12(6-23-15)7-24-16-20-18-8-25-16/h4-6,8H,7H2,1-3H3. The number of halogens is 1. The van der Waals surface area contributed by atoms with Gasteiger partial charge in [-0.25, -0.2) is 4.98 Å². The minimum absolute atomic E-state index is 0.119. The quantitative estimate of drug-likeness (QED) is 0.538. The van der Waals surface area contributed by atoms with Crippen LogP contribution in [0.15, 0.2) is 27.4 Å². The topological polar surface area (TPSA) is 59.0 Å². The van der Waals surface area contributed by atoms with Gasteiger partial charge in [-0.2, -0.15) is 0 Å². The molecule has 130 valence electrons. The average Bonchev–Trinajstić information content (AvgIpc) is 3.19. The van der Waals surface area contributed by atoms with Gasteiger partial charge >= 0.3 is 0 Å². The van der Waals surface area contributed by atoms with E-state index in [1.807, 2.05) is 31.4 Å². The van der Waals surface area contributed by atoms with Crippen LogP contribution < -0.4 is 4.90 Å². The van der Waals surface area contributed by atoms with Crippen LogP contribution in [0.4, 0.5) is 10.8 Å². The fraction of sp³-hybridized carbons (Fsp3) is 0.250. The number of hydrogen-bond acceptors (Lipinski definition) is 7. The van der Waals surface area contributed by atoms with Gasteiger partial charge in [-0.1, -0.05) is 40.8 Å². The van der Waals surface area contributed by atoms with Gasteiger partial charge in [0.25, 0.3) is 0 Å². The van der Waals surface area contributed by atoms with E-state index in [9.17, 15) is 4.79 Å². The van der Waals surface area contributed by atoms with E-state index in [0.717, 1.165) is 21.2 Å². The first-order chi connectivity index (χ1) is 12.0. The molecule has 0 radical (unpaired) electrons. The third-order valence-electron chi connectivity index (χ3n) is 3.35. The second-order valence-electron chi connectivity index (χ2n) is 5.38. The molecule has 9 heteroatoms. The Hall–Kier alpha value is -1.48. The number of rotatable bonds is 5. The number of nitrogens with zero attached hydrogens (tertiary/aromatic N) is 4. The van der Waals surface area contributed by atoms with Crippen LogP contribution in [0.2, 0.25) is 5.02 Å². The SMILES string of the molecule is CC(=O)N(c1nc(CSc2nncs2)cs1)c1c(C)cc(C)cc1Cl. The van der Waals surface area contributed by atoms with Gasteiger partial charge < -0.3 is 0 Å². The first-order valence-corrected chi connectivity index (χ1v) is 10.5. The molecule has 0 atom stereocenters. The van der Waals surface area contributed by atoms with Crippen LogP contribution in [0.3, 0.4) is 0 Å². The Morgan fingerprint density at radius 2 is 2.12 bits per heavy atom. The average molecular weight is 411 g/mol. The zero-order chi connectivity index (χ0) is 18.0. The Kier molecular flexibility index (Phi) is 5.73. The van der Waals surface area contributed by atoms with E-state index in [-0.39, 0.29) is 5.91 Å². The smallest absolute Gasteiger partial charge is 0.230 e. The highest BCUT2D eigenvalue weighted by atomic mass is 35.5. The number of thiazole rings is 1. The van der Waals surface area contributed by atoms with Crippen molar-refractivity contribution in [2.45, 2.75) is 30.9 Å². The van der Waals surface area contributed by atoms with E-state index in [1.165, 1.54) is 29.6 Å². The maximum atomic E-state index is 12.3. The van der Waals surface area contributed by atoms with Crippen LogP contribution in [-0.2, 0) is 10.5 Å². The Morgan fingerprint density at radius 1 is 1.32 bits per heavy atom. The van der Waals surface area contributed by atoms with E-state index < -0.39 is 0 Å². The summed E-state index contributed by atoms with van der Waals surface area (Å²) in [5.41, 5.74) is 5.29. The summed E-state index contributed by atoms with van der Waals surface area (Å²) in [4.78, 5) is 18.5. The van der Waals surface area contributed by atoms with Gasteiger partial charge in [0.2, 0.25) is 5.91 Å². The normalized spacial score (nSPS) is 10.9. The summed E-state index contributed by atoms with van der Waals surface area (Å²) in [5, 5.41) is 10.9. The van der Waals surface area contributed by atoms with Crippen molar-refractivity contribution in [1.82, 2.24) is 15.2 Å². The molecule has 0 aliphatic carbocycles. The van der Waals surface area contributed by atoms with Gasteiger partial charge in [0.05, 0.1) is 16.4 Å². The molecule has 2 heterocycles. The van der Waals surface area contributed by atoms with Crippen molar-refractivity contribution in [3.63, 3.8) is 0 Å². The lowest BCUT2D eigenvalue weighted by Gasteiger charge is -2.22. The number of amides is 1. The second kappa shape index (κ2) is 7.82. The van der Waals surface area contributed by atoms with E-state index in [1.54, 1.807) is 22.2 Å². The first kappa shape index (κ1) is 18.3. The van der Waals surface area contributed by atoms with Crippen LogP contribution in [0, 0.1) is 13.8 Å². The molecule has 0 saturated heterocycles. The molecule has 25 heavy (non-hydrogen) atoms. The molecule has 3 rings (SSSR count). The predicted octanol–water partition coefficient (Wildman–Crippen LogP) is 5.24. The highest BCUT2D eigenvalue weighted by molar-refractivity contribution is 8.00. The summed E-state index contributed by atoms with van der Waals surface area (Å²) < 4.78 is 0.899. The fourth-order valence-electron chi connectivity index (χ4n) is 2.41. The second-order valence-corrected chi connectivity index (χ2v) is 8.68. The largest absolute Gasteiger partial charge is 0.274 e. The van der Waals surface area contributed by atoms with Crippen LogP contribution in [0.1, 0.15) is 23.7 Å². The Bertz CT molecular complexity index is 872. The van der Waals surface area contributed by atoms with Gasteiger partial charge in [0.1, 0.15) is 5.51 Å². The van der Waals surface area contributed by atoms with Crippen molar-refractivity contribution < 1.29 is 4.79 Å². The van der Waals surface area contributed by atoms with Crippen LogP contribution in [-0.4, -0.2) is 21.1 Å². The monoisotopic (exact) mass is 410 g/mol. The first-order valence-electron chi connectivity index (χ1n) is 7.36. The van der Waals surface area contributed by atoms with E-state index >= 15 is 0 Å². The maximum Gasteiger partial charge on any atom is 0.230 e. The lowest BCUT2D eigenvalue weighted by atomic mass is 10.1. The van der Waals surface area contributed by atoms with E-state index in [4.69, 9.17) is 11.6 Å². The zero-order valence-electron chi connectivity index (χ0n) is 13.8. The number of carbonyl (C=O) groups excluding carboxylic acids is 1. The third-order valence-corrected chi connectivity index (χ3v) is 6.41. The summed E-state index contributed by atoms with van der Waals surface area (Å²) in [6, 6.07) is 3.87. The molecule has 2 aromatic heterocycles. The molecule has 1 amide bonds. The highest BCUT2D eigenvalue weighted by Crippen LogP contribution is 2.38. The highest BCUT2D eigenvalue weighted by Gasteiger charge is 2.22. The predicted molar refractivity (Wildman–Crippen MR) is 105 cm³/mol. The summed E-state index contributed by atoms with van der Waals surface area (Å²) in [5.74, 6) is 0.560. The van der Waals surface area contributed by atoms with Crippen molar-refractivity contribution in [1.29, 1.82) is 0 Å². The number of aromatic nitrogens is 3. The summed E-state index contributed by atoms with van der Waals surface area (Å²) in [6.45, 7) is 5.45. The Labute approximate surface area is 163 Å². The molecular formula is C16H15ClN4OS3. The number of hydrogen-bond donors (Lipinski definition) is 0. The molecule has 3 aromatic rings. The van der Waals surface area contributed by atoms with Gasteiger partial charge in [0.15, 0.2) is 9.47 Å². The molecule has 0 aliphatic heterocycles. The van der Waals surface area contributed by atoms with E-state index in [0.29, 0.717) is 21.6 Å². The van der Waals surface area contributed by atoms with E-state index in [2.05, 4.69) is 15.2 Å². The lowest BCUT2D eigenvalue weighted by molar-refractivity contribution is -0.115. The van der Waals surface area contributed by atoms with Gasteiger partial charge in [-0.3, -0.25) is 9.69 Å². The number of anilines is 2. The molecule has 0 N–H and O–H groups in total. The molecule has 0 spiro atoms. The lowest BCUT2D eigenvalue weighted by Crippen LogP contribution is -2.24. The molecule has 5 nitrogen and oxygen atoms in total. The molecule has 0 aliphatic rings. The van der Waals surface area contributed by atoms with Gasteiger partial charge in [0, 0.05) is 18.1 Å². The van der Waals surface area contributed by atoms with Crippen molar-refractivity contribution in [2.24, 2.45) is 0 Å². The van der Waals surface area contributed by atoms with Crippen molar-refractivity contribution >= 4 is 62.8 Å². The number of carbonyl (C=O) groups is 1. The summed E-state index contributed by atoms with van der Waals surface area (Å²) >= 11 is 10.9. The number of aryl methyl sites for hydroxylation is 2. The minimum Gasteiger partial charge on any atom is -0.274 e. The van der Waals surface area contributed by atoms with Crippen LogP contribution in [0.25, 0.3) is 0 Å². The van der Waals surface area contributed by atoms with Crippen molar-refractivity contribution in [3.8, 4) is 0 Å². The molecule has 1 aromatic carbocycles. The Morgan fingerprint density at radius 3 is 2.76 bits per heavy atom. The molecule has 0 fully saturated rings. The summed E-state index contributed by atoms with van der Waals surface area (Å²) in [6.07, 6.45) is 0. The minimum atomic E-state index is -0.119. The third kappa shape index (κ3) is 4.20. The molecule has 0 saturated carbocycles. The maximum absolute atomic E-state index is 12.3. The summed E-state index contributed by atoms with van der Waals surface area (Å²) in [7, 11) is 0. The van der Waals surface area contributed by atoms with Crippen molar-refractivity contribution in [3.05, 3.63) is 44.9 Å². The Balaban J connectivity index is 1.88. The van der Waals surface area contributed by atoms with Crippen LogP contribution in [0.5, 0.6) is 0 Å². The van der Waals surface area contributed by atoms with Crippen molar-refractivity contribution in [2.75, 3.05) is 4.90 Å². The number of benzene rings is 1. The number of thioether (sulfide) groups is 1. The van der Waals surface area contributed by atoms with Crippen LogP contribution >= 0.6 is 46.0 Å². The molecule has 0 bridgehead atoms.